The van der Waals surface area contributed by atoms with Crippen LogP contribution in [0.25, 0.3) is 11.1 Å². The molecule has 3 N–H and O–H groups in total. The molecule has 1 aliphatic carbocycles. The van der Waals surface area contributed by atoms with Crippen molar-refractivity contribution in [3.63, 3.8) is 0 Å². The lowest BCUT2D eigenvalue weighted by atomic mass is 9.78. The van der Waals surface area contributed by atoms with Gasteiger partial charge < -0.3 is 11.1 Å². The number of carbonyl (C=O) groups excluding carboxylic acids is 1. The maximum atomic E-state index is 11.4. The molecule has 95 valence electrons. The predicted molar refractivity (Wildman–Crippen MR) is 73.3 cm³/mol. The number of primary amides is 1. The molecule has 4 rings (SSSR count). The predicted octanol–water partition coefficient (Wildman–Crippen LogP) is 1.14. The van der Waals surface area contributed by atoms with Crippen LogP contribution in [0.15, 0.2) is 30.5 Å². The summed E-state index contributed by atoms with van der Waals surface area (Å²) in [5.74, 6) is -0.483. The first-order chi connectivity index (χ1) is 9.24. The van der Waals surface area contributed by atoms with Crippen molar-refractivity contribution < 1.29 is 4.79 Å². The lowest BCUT2D eigenvalue weighted by Crippen LogP contribution is -2.43. The third-order valence-electron chi connectivity index (χ3n) is 4.16. The molecular formula is C15H14N3O. The molecule has 1 aromatic rings. The number of hydrogen-bond acceptors (Lipinski definition) is 2. The number of benzene rings is 1. The smallest absolute Gasteiger partial charge is 0.225 e. The summed E-state index contributed by atoms with van der Waals surface area (Å²) in [6, 6.07) is 6.44. The van der Waals surface area contributed by atoms with Crippen LogP contribution in [0.2, 0.25) is 0 Å². The van der Waals surface area contributed by atoms with Gasteiger partial charge in [-0.15, -0.1) is 0 Å². The second kappa shape index (κ2) is 3.71. The van der Waals surface area contributed by atoms with E-state index >= 15 is 0 Å². The Balaban J connectivity index is 1.90. The maximum Gasteiger partial charge on any atom is 0.225 e. The average molecular weight is 252 g/mol. The van der Waals surface area contributed by atoms with Crippen molar-refractivity contribution in [3.8, 4) is 0 Å². The molecule has 0 aromatic heterocycles. The zero-order valence-corrected chi connectivity index (χ0v) is 10.4. The van der Waals surface area contributed by atoms with Crippen LogP contribution in [-0.2, 0) is 4.79 Å². The molecule has 4 heteroatoms. The molecule has 0 spiro atoms. The third-order valence-corrected chi connectivity index (χ3v) is 4.16. The van der Waals surface area contributed by atoms with Crippen molar-refractivity contribution >= 4 is 22.7 Å². The molecule has 0 saturated carbocycles. The molecule has 0 saturated heterocycles. The molecule has 0 fully saturated rings. The van der Waals surface area contributed by atoms with Crippen molar-refractivity contribution in [1.29, 1.82) is 0 Å². The van der Waals surface area contributed by atoms with Gasteiger partial charge in [-0.25, -0.2) is 0 Å². The maximum absolute atomic E-state index is 11.4. The Morgan fingerprint density at radius 3 is 3.16 bits per heavy atom. The molecule has 2 aliphatic heterocycles. The minimum atomic E-state index is -0.267. The van der Waals surface area contributed by atoms with Crippen LogP contribution in [0.1, 0.15) is 17.5 Å². The summed E-state index contributed by atoms with van der Waals surface area (Å²) in [6.45, 7) is 0.628. The van der Waals surface area contributed by atoms with Gasteiger partial charge >= 0.3 is 0 Å². The Labute approximate surface area is 111 Å². The van der Waals surface area contributed by atoms with E-state index in [9.17, 15) is 4.79 Å². The molecule has 3 aliphatic rings. The molecule has 1 amide bonds. The molecule has 2 heterocycles. The van der Waals surface area contributed by atoms with Gasteiger partial charge in [-0.3, -0.25) is 10.1 Å². The lowest BCUT2D eigenvalue weighted by molar-refractivity contribution is -0.120. The van der Waals surface area contributed by atoms with E-state index in [2.05, 4.69) is 16.7 Å². The standard InChI is InChI=1S/C15H14N3O/c16-15(19)9-4-11-10-2-1-3-12-14(10)8(6-17-12)5-13(11)18-7-9/h1-4,6,9,13,18H,5,7H2,(H2,16,19)/t9?,13-/m1/s1. The first-order valence-corrected chi connectivity index (χ1v) is 6.52. The van der Waals surface area contributed by atoms with Crippen LogP contribution in [0.3, 0.4) is 0 Å². The van der Waals surface area contributed by atoms with Crippen molar-refractivity contribution in [2.75, 3.05) is 6.54 Å². The number of fused-ring (bicyclic) bond motifs is 2. The van der Waals surface area contributed by atoms with Gasteiger partial charge in [0.25, 0.3) is 0 Å². The minimum Gasteiger partial charge on any atom is -0.369 e. The molecule has 4 nitrogen and oxygen atoms in total. The summed E-state index contributed by atoms with van der Waals surface area (Å²) in [4.78, 5) is 11.4. The molecule has 2 atom stereocenters. The zero-order chi connectivity index (χ0) is 13.0. The van der Waals surface area contributed by atoms with E-state index in [1.54, 1.807) is 0 Å². The van der Waals surface area contributed by atoms with Gasteiger partial charge in [-0.2, -0.15) is 0 Å². The molecule has 1 unspecified atom stereocenters. The first kappa shape index (κ1) is 10.8. The molecule has 1 aromatic carbocycles. The number of nitrogens with one attached hydrogen (secondary N) is 1. The van der Waals surface area contributed by atoms with Gasteiger partial charge in [-0.1, -0.05) is 18.2 Å². The van der Waals surface area contributed by atoms with Crippen LogP contribution in [-0.4, -0.2) is 18.5 Å². The highest BCUT2D eigenvalue weighted by Crippen LogP contribution is 2.45. The van der Waals surface area contributed by atoms with Crippen LogP contribution in [0.4, 0.5) is 5.69 Å². The van der Waals surface area contributed by atoms with E-state index in [-0.39, 0.29) is 17.9 Å². The Morgan fingerprint density at radius 1 is 1.42 bits per heavy atom. The quantitative estimate of drug-likeness (QED) is 0.787. The fraction of sp³-hybridized carbons (Fsp3) is 0.267. The van der Waals surface area contributed by atoms with E-state index in [0.29, 0.717) is 6.54 Å². The summed E-state index contributed by atoms with van der Waals surface area (Å²) in [5, 5.41) is 7.88. The second-order valence-electron chi connectivity index (χ2n) is 5.28. The summed E-state index contributed by atoms with van der Waals surface area (Å²) >= 11 is 0. The van der Waals surface area contributed by atoms with Crippen molar-refractivity contribution in [2.24, 2.45) is 11.7 Å². The molecule has 19 heavy (non-hydrogen) atoms. The number of rotatable bonds is 1. The van der Waals surface area contributed by atoms with Gasteiger partial charge in [0, 0.05) is 24.4 Å². The Bertz CT molecular complexity index is 645. The van der Waals surface area contributed by atoms with Crippen LogP contribution >= 0.6 is 0 Å². The van der Waals surface area contributed by atoms with Crippen molar-refractivity contribution in [3.05, 3.63) is 41.6 Å². The number of nitrogens with two attached hydrogens (primary N) is 1. The summed E-state index contributed by atoms with van der Waals surface area (Å²) in [7, 11) is 0. The van der Waals surface area contributed by atoms with Crippen LogP contribution < -0.4 is 16.4 Å². The van der Waals surface area contributed by atoms with E-state index in [4.69, 9.17) is 5.73 Å². The highest BCUT2D eigenvalue weighted by molar-refractivity contribution is 5.95. The highest BCUT2D eigenvalue weighted by Gasteiger charge is 2.34. The average Bonchev–Trinajstić information content (AvgIpc) is 2.83. The fourth-order valence-electron chi connectivity index (χ4n) is 3.23. The summed E-state index contributed by atoms with van der Waals surface area (Å²) < 4.78 is 0. The van der Waals surface area contributed by atoms with Gasteiger partial charge in [0.05, 0.1) is 11.6 Å². The number of nitrogens with zero attached hydrogens (tertiary/aromatic N) is 1. The molecule has 1 radical (unpaired) electrons. The van der Waals surface area contributed by atoms with Gasteiger partial charge in [0.1, 0.15) is 0 Å². The summed E-state index contributed by atoms with van der Waals surface area (Å²) in [5.41, 5.74) is 11.4. The second-order valence-corrected chi connectivity index (χ2v) is 5.28. The van der Waals surface area contributed by atoms with Crippen molar-refractivity contribution in [2.45, 2.75) is 12.5 Å². The Morgan fingerprint density at radius 2 is 2.32 bits per heavy atom. The van der Waals surface area contributed by atoms with E-state index in [1.807, 2.05) is 24.4 Å². The van der Waals surface area contributed by atoms with Crippen LogP contribution in [0.5, 0.6) is 0 Å². The van der Waals surface area contributed by atoms with E-state index < -0.39 is 0 Å². The SMILES string of the molecule is NC(=O)C1C=C2c3cccc4c3C(=C[N]4)C[C@H]2NC1. The van der Waals surface area contributed by atoms with Gasteiger partial charge in [0.2, 0.25) is 5.91 Å². The van der Waals surface area contributed by atoms with Gasteiger partial charge in [-0.05, 0) is 29.2 Å². The first-order valence-electron chi connectivity index (χ1n) is 6.52. The topological polar surface area (TPSA) is 69.2 Å². The molecular weight excluding hydrogens is 238 g/mol. The zero-order valence-electron chi connectivity index (χ0n) is 10.4. The lowest BCUT2D eigenvalue weighted by Gasteiger charge is -2.34. The van der Waals surface area contributed by atoms with E-state index in [0.717, 1.165) is 12.1 Å². The fourth-order valence-corrected chi connectivity index (χ4v) is 3.23. The van der Waals surface area contributed by atoms with E-state index in [1.165, 1.54) is 22.3 Å². The largest absolute Gasteiger partial charge is 0.369 e. The van der Waals surface area contributed by atoms with Crippen LogP contribution in [0, 0.1) is 5.92 Å². The Kier molecular flexibility index (Phi) is 2.11. The number of hydrogen-bond donors (Lipinski definition) is 2. The van der Waals surface area contributed by atoms with Gasteiger partial charge in [0.15, 0.2) is 0 Å². The third kappa shape index (κ3) is 1.47. The van der Waals surface area contributed by atoms with Crippen molar-refractivity contribution in [1.82, 2.24) is 10.6 Å². The minimum absolute atomic E-state index is 0.217. The number of amides is 1. The monoisotopic (exact) mass is 252 g/mol. The highest BCUT2D eigenvalue weighted by atomic mass is 16.1. The molecule has 0 bridgehead atoms. The number of carbonyl (C=O) groups is 1. The normalized spacial score (nSPS) is 26.7. The summed E-state index contributed by atoms with van der Waals surface area (Å²) in [6.07, 6.45) is 4.94. The Hall–Kier alpha value is -2.07.